The van der Waals surface area contributed by atoms with E-state index in [1.807, 2.05) is 88.1 Å². The summed E-state index contributed by atoms with van der Waals surface area (Å²) in [6.45, 7) is 2.73. The third-order valence-electron chi connectivity index (χ3n) is 6.76. The van der Waals surface area contributed by atoms with Crippen LogP contribution in [-0.4, -0.2) is 12.6 Å². The minimum absolute atomic E-state index is 0. The van der Waals surface area contributed by atoms with Crippen molar-refractivity contribution in [1.82, 2.24) is 0 Å². The Hall–Kier alpha value is -2.62. The molecule has 0 atom stereocenters. The zero-order chi connectivity index (χ0) is 28.7. The second-order valence-corrected chi connectivity index (χ2v) is 9.89. The van der Waals surface area contributed by atoms with Crippen LogP contribution in [0.1, 0.15) is 61.4 Å². The van der Waals surface area contributed by atoms with Crippen molar-refractivity contribution < 1.29 is 35.7 Å². The number of hydrogen-bond donors (Lipinski definition) is 0. The number of rotatable bonds is 12. The van der Waals surface area contributed by atoms with Crippen LogP contribution in [0.25, 0.3) is 11.1 Å². The van der Waals surface area contributed by atoms with E-state index in [2.05, 4.69) is 6.92 Å². The van der Waals surface area contributed by atoms with Gasteiger partial charge in [-0.1, -0.05) is 69.4 Å². The van der Waals surface area contributed by atoms with Gasteiger partial charge in [0, 0.05) is 5.92 Å². The Balaban J connectivity index is 0.000000730. The molecular weight excluding hydrogens is 567 g/mol. The van der Waals surface area contributed by atoms with Crippen LogP contribution in [0.4, 0.5) is 4.39 Å². The molecule has 0 spiro atoms. The molecule has 2 aliphatic carbocycles. The Morgan fingerprint density at radius 2 is 1.24 bits per heavy atom. The van der Waals surface area contributed by atoms with Gasteiger partial charge in [-0.25, -0.2) is 9.18 Å². The van der Waals surface area contributed by atoms with Crippen molar-refractivity contribution in [3.63, 3.8) is 0 Å². The van der Waals surface area contributed by atoms with Crippen molar-refractivity contribution in [2.24, 2.45) is 0 Å². The van der Waals surface area contributed by atoms with Crippen molar-refractivity contribution in [3.8, 4) is 22.6 Å². The molecule has 3 aromatic carbocycles. The predicted molar refractivity (Wildman–Crippen MR) is 163 cm³/mol. The fraction of sp³-hybridized carbons (Fsp3) is 0.216. The normalized spacial score (nSPS) is 14.5. The number of carbonyl (C=O) groups is 1. The van der Waals surface area contributed by atoms with Gasteiger partial charge in [-0.3, -0.25) is 0 Å². The van der Waals surface area contributed by atoms with Crippen LogP contribution in [0.15, 0.2) is 66.7 Å². The Morgan fingerprint density at radius 3 is 1.86 bits per heavy atom. The summed E-state index contributed by atoms with van der Waals surface area (Å²) in [7, 11) is 0. The molecule has 0 heterocycles. The minimum Gasteiger partial charge on any atom is -0.491 e. The van der Waals surface area contributed by atoms with Crippen LogP contribution in [0.2, 0.25) is 0 Å². The molecule has 0 bridgehead atoms. The van der Waals surface area contributed by atoms with Gasteiger partial charge < -0.3 is 9.47 Å². The average Bonchev–Trinajstić information content (AvgIpc) is 3.76. The Kier molecular flexibility index (Phi) is 15.2. The quantitative estimate of drug-likeness (QED) is 0.0895. The van der Waals surface area contributed by atoms with Crippen LogP contribution in [0.5, 0.6) is 11.5 Å². The number of hydrogen-bond acceptors (Lipinski definition) is 3. The number of unbranched alkanes of at least 4 members (excludes halogenated alkanes) is 5. The second-order valence-electron chi connectivity index (χ2n) is 9.89. The predicted octanol–water partition coefficient (Wildman–Crippen LogP) is 9.22. The molecule has 2 saturated carbocycles. The fourth-order valence-electron chi connectivity index (χ4n) is 4.43. The summed E-state index contributed by atoms with van der Waals surface area (Å²) in [6, 6.07) is 19.4. The van der Waals surface area contributed by atoms with Crippen molar-refractivity contribution in [2.45, 2.75) is 45.4 Å². The van der Waals surface area contributed by atoms with Gasteiger partial charge in [-0.2, -0.15) is 0 Å². The van der Waals surface area contributed by atoms with Gasteiger partial charge in [0.25, 0.3) is 0 Å². The van der Waals surface area contributed by atoms with Crippen molar-refractivity contribution in [1.29, 1.82) is 0 Å². The summed E-state index contributed by atoms with van der Waals surface area (Å²) < 4.78 is 25.7. The van der Waals surface area contributed by atoms with Gasteiger partial charge in [0.05, 0.1) is 12.2 Å². The summed E-state index contributed by atoms with van der Waals surface area (Å²) >= 11 is 0. The Bertz CT molecular complexity index is 1180. The molecule has 0 unspecified atom stereocenters. The number of halogens is 1. The van der Waals surface area contributed by atoms with Crippen LogP contribution in [-0.2, 0) is 17.1 Å². The minimum atomic E-state index is -0.422. The third kappa shape index (κ3) is 10.9. The summed E-state index contributed by atoms with van der Waals surface area (Å²) in [5.41, 5.74) is 3.09. The molecule has 0 amide bonds. The van der Waals surface area contributed by atoms with Crippen LogP contribution in [0, 0.1) is 69.5 Å². The molecule has 3 nitrogen and oxygen atoms in total. The first-order valence-electron chi connectivity index (χ1n) is 14.4. The molecule has 3 aromatic rings. The van der Waals surface area contributed by atoms with Crippen molar-refractivity contribution >= 4 is 5.97 Å². The maximum absolute atomic E-state index is 14.6. The fourth-order valence-corrected chi connectivity index (χ4v) is 4.43. The number of carbonyl (C=O) groups excluding carboxylic acids is 1. The second kappa shape index (κ2) is 18.8. The number of esters is 1. The van der Waals surface area contributed by atoms with Gasteiger partial charge in [0.15, 0.2) is 11.6 Å². The van der Waals surface area contributed by atoms with Gasteiger partial charge in [0.1, 0.15) is 5.75 Å². The first-order valence-corrected chi connectivity index (χ1v) is 14.4. The maximum Gasteiger partial charge on any atom is 2.00 e. The van der Waals surface area contributed by atoms with Gasteiger partial charge in [-0.05, 0) is 117 Å². The van der Waals surface area contributed by atoms with Gasteiger partial charge in [0.2, 0.25) is 0 Å². The number of ether oxygens (including phenoxy) is 2. The standard InChI is InChI=1S/C32H32FO3.C5H5.Fe/c1-2-3-4-5-6-9-22-35-31-21-18-28(23-30(31)33)26-16-19-29(20-17-26)36-32(34)27-14-12-25(13-15-27)24-10-7-8-11-24;1-2-4-5-3-1;/h7-8,10-21,23H,2-6,9,22H2,1H3;1-5H;/q;;+2. The first-order chi connectivity index (χ1) is 20.1. The van der Waals surface area contributed by atoms with Gasteiger partial charge >= 0.3 is 23.0 Å². The molecule has 0 N–H and O–H groups in total. The largest absolute Gasteiger partial charge is 2.00 e. The first kappa shape index (κ1) is 33.9. The maximum atomic E-state index is 14.6. The van der Waals surface area contributed by atoms with E-state index in [-0.39, 0.29) is 28.6 Å². The van der Waals surface area contributed by atoms with E-state index in [9.17, 15) is 9.18 Å². The molecule has 0 aliphatic heterocycles. The molecule has 5 heteroatoms. The van der Waals surface area contributed by atoms with E-state index >= 15 is 0 Å². The van der Waals surface area contributed by atoms with Crippen LogP contribution >= 0.6 is 0 Å². The monoisotopic (exact) mass is 604 g/mol. The molecule has 0 aromatic heterocycles. The zero-order valence-electron chi connectivity index (χ0n) is 24.0. The summed E-state index contributed by atoms with van der Waals surface area (Å²) in [5, 5.41) is 0. The molecule has 10 radical (unpaired) electrons. The molecule has 42 heavy (non-hydrogen) atoms. The average molecular weight is 605 g/mol. The third-order valence-corrected chi connectivity index (χ3v) is 6.76. The molecule has 5 rings (SSSR count). The molecule has 216 valence electrons. The van der Waals surface area contributed by atoms with E-state index in [0.29, 0.717) is 17.9 Å². The van der Waals surface area contributed by atoms with Crippen molar-refractivity contribution in [3.05, 3.63) is 147 Å². The Morgan fingerprint density at radius 1 is 0.667 bits per heavy atom. The molecule has 2 aliphatic rings. The topological polar surface area (TPSA) is 35.5 Å². The van der Waals surface area contributed by atoms with E-state index in [0.717, 1.165) is 35.4 Å². The van der Waals surface area contributed by atoms with Gasteiger partial charge in [-0.15, -0.1) is 0 Å². The number of benzene rings is 3. The van der Waals surface area contributed by atoms with Crippen molar-refractivity contribution in [2.75, 3.05) is 6.61 Å². The smallest absolute Gasteiger partial charge is 0.491 e. The van der Waals surface area contributed by atoms with Crippen LogP contribution < -0.4 is 9.47 Å². The Labute approximate surface area is 263 Å². The SMILES string of the molecule is CCCCCCCCOc1ccc(-c2ccc(OC(=O)c3ccc([C]4[CH][CH][CH][CH]4)cc3)cc2)cc1F.[CH]1[CH][CH][CH][CH]1.[Fe+2]. The summed E-state index contributed by atoms with van der Waals surface area (Å²) in [4.78, 5) is 12.5. The zero-order valence-corrected chi connectivity index (χ0v) is 25.1. The summed E-state index contributed by atoms with van der Waals surface area (Å²) in [5.74, 6) is 1.03. The van der Waals surface area contributed by atoms with E-state index in [1.165, 1.54) is 31.7 Å². The molecule has 0 saturated heterocycles. The molecular formula is C37H37FFeO3+2. The van der Waals surface area contributed by atoms with Crippen LogP contribution in [0.3, 0.4) is 0 Å². The van der Waals surface area contributed by atoms with E-state index < -0.39 is 5.97 Å². The summed E-state index contributed by atoms with van der Waals surface area (Å²) in [6.07, 6.45) is 25.0. The van der Waals surface area contributed by atoms with E-state index in [4.69, 9.17) is 9.47 Å². The molecule has 2 fully saturated rings. The van der Waals surface area contributed by atoms with E-state index in [1.54, 1.807) is 30.3 Å².